The zero-order valence-electron chi connectivity index (χ0n) is 15.4. The molecule has 2 aromatic carbocycles. The van der Waals surface area contributed by atoms with Crippen molar-refractivity contribution < 1.29 is 13.9 Å². The van der Waals surface area contributed by atoms with E-state index < -0.39 is 6.29 Å². The molecule has 0 bridgehead atoms. The number of hydrogen-bond donors (Lipinski definition) is 0. The maximum atomic E-state index is 12.7. The van der Waals surface area contributed by atoms with Crippen molar-refractivity contribution in [3.05, 3.63) is 84.7 Å². The van der Waals surface area contributed by atoms with Crippen molar-refractivity contribution in [1.29, 1.82) is 0 Å². The second-order valence-electron chi connectivity index (χ2n) is 7.26. The van der Waals surface area contributed by atoms with Gasteiger partial charge in [-0.1, -0.05) is 23.5 Å². The Bertz CT molecular complexity index is 1490. The number of aryl methyl sites for hydroxylation is 1. The van der Waals surface area contributed by atoms with Crippen LogP contribution in [-0.2, 0) is 6.42 Å². The lowest BCUT2D eigenvalue weighted by molar-refractivity contribution is 0.0274. The molecule has 0 amide bonds. The van der Waals surface area contributed by atoms with Crippen molar-refractivity contribution in [3.8, 4) is 11.5 Å². The maximum absolute atomic E-state index is 12.7. The SMILES string of the molecule is Cc1cc(=O)oc2c3c(ccc12)OC1Oc2c(c(=O)sc4ccccc24)C=C1C3. The third-order valence-corrected chi connectivity index (χ3v) is 6.43. The smallest absolute Gasteiger partial charge is 0.336 e. The zero-order valence-corrected chi connectivity index (χ0v) is 16.2. The van der Waals surface area contributed by atoms with Gasteiger partial charge in [0.2, 0.25) is 4.74 Å². The summed E-state index contributed by atoms with van der Waals surface area (Å²) in [5.74, 6) is 1.19. The fourth-order valence-electron chi connectivity index (χ4n) is 4.08. The van der Waals surface area contributed by atoms with Crippen LogP contribution in [0.25, 0.3) is 27.1 Å². The van der Waals surface area contributed by atoms with Crippen molar-refractivity contribution in [2.24, 2.45) is 0 Å². The molecule has 0 N–H and O–H groups in total. The van der Waals surface area contributed by atoms with Gasteiger partial charge in [-0.3, -0.25) is 4.79 Å². The van der Waals surface area contributed by atoms with Gasteiger partial charge in [-0.2, -0.15) is 0 Å². The molecule has 2 aliphatic rings. The Hall–Kier alpha value is -3.38. The average molecular weight is 402 g/mol. The van der Waals surface area contributed by atoms with Gasteiger partial charge in [0.1, 0.15) is 17.1 Å². The summed E-state index contributed by atoms with van der Waals surface area (Å²) < 4.78 is 18.6. The summed E-state index contributed by atoms with van der Waals surface area (Å²) in [6.45, 7) is 1.88. The molecule has 0 spiro atoms. The van der Waals surface area contributed by atoms with Crippen LogP contribution in [0.1, 0.15) is 16.7 Å². The summed E-state index contributed by atoms with van der Waals surface area (Å²) in [7, 11) is 0. The molecule has 4 aromatic rings. The van der Waals surface area contributed by atoms with Gasteiger partial charge in [0, 0.05) is 39.1 Å². The Morgan fingerprint density at radius 1 is 1.03 bits per heavy atom. The fourth-order valence-corrected chi connectivity index (χ4v) is 4.95. The molecule has 6 heteroatoms. The Kier molecular flexibility index (Phi) is 3.32. The van der Waals surface area contributed by atoms with Crippen LogP contribution in [0, 0.1) is 6.92 Å². The second kappa shape index (κ2) is 5.81. The Morgan fingerprint density at radius 2 is 1.90 bits per heavy atom. The van der Waals surface area contributed by atoms with Crippen LogP contribution in [0.2, 0.25) is 0 Å². The van der Waals surface area contributed by atoms with E-state index in [4.69, 9.17) is 13.9 Å². The molecule has 4 heterocycles. The van der Waals surface area contributed by atoms with Gasteiger partial charge >= 0.3 is 5.63 Å². The van der Waals surface area contributed by atoms with E-state index in [-0.39, 0.29) is 10.4 Å². The van der Waals surface area contributed by atoms with Gasteiger partial charge in [0.25, 0.3) is 6.29 Å². The van der Waals surface area contributed by atoms with Gasteiger partial charge in [0.05, 0.1) is 5.56 Å². The third-order valence-electron chi connectivity index (χ3n) is 5.45. The number of rotatable bonds is 0. The lowest BCUT2D eigenvalue weighted by atomic mass is 9.95. The molecule has 5 nitrogen and oxygen atoms in total. The molecule has 0 aliphatic carbocycles. The van der Waals surface area contributed by atoms with Crippen molar-refractivity contribution in [2.75, 3.05) is 0 Å². The molecule has 2 aliphatic heterocycles. The molecule has 1 unspecified atom stereocenters. The first-order chi connectivity index (χ1) is 14.1. The number of hydrogen-bond acceptors (Lipinski definition) is 6. The molecule has 0 saturated carbocycles. The molecule has 2 aromatic heterocycles. The summed E-state index contributed by atoms with van der Waals surface area (Å²) in [5.41, 5.74) is 3.18. The van der Waals surface area contributed by atoms with Gasteiger partial charge in [-0.15, -0.1) is 0 Å². The summed E-state index contributed by atoms with van der Waals surface area (Å²) in [5, 5.41) is 1.78. The van der Waals surface area contributed by atoms with Crippen molar-refractivity contribution in [1.82, 2.24) is 0 Å². The van der Waals surface area contributed by atoms with Crippen LogP contribution in [0.4, 0.5) is 0 Å². The van der Waals surface area contributed by atoms with Crippen LogP contribution in [0.3, 0.4) is 0 Å². The van der Waals surface area contributed by atoms with Crippen LogP contribution in [0.15, 0.2) is 62.0 Å². The topological polar surface area (TPSA) is 65.7 Å². The number of fused-ring (bicyclic) bond motifs is 7. The third kappa shape index (κ3) is 2.39. The fraction of sp³-hybridized carbons (Fsp3) is 0.130. The van der Waals surface area contributed by atoms with Crippen LogP contribution in [0.5, 0.6) is 11.5 Å². The van der Waals surface area contributed by atoms with Gasteiger partial charge in [-0.05, 0) is 42.8 Å². The summed E-state index contributed by atoms with van der Waals surface area (Å²) in [6, 6.07) is 13.0. The standard InChI is InChI=1S/C23H14O5S/c1-11-8-19(24)27-20-13(11)6-7-17-15(20)9-12-10-16-21(28-23(12)26-17)14-4-2-3-5-18(14)29-22(16)25/h2-8,10,23H,9H2,1H3. The Balaban J connectivity index is 1.57. The molecule has 1 atom stereocenters. The summed E-state index contributed by atoms with van der Waals surface area (Å²) in [6.07, 6.45) is 1.74. The van der Waals surface area contributed by atoms with Crippen LogP contribution in [-0.4, -0.2) is 6.29 Å². The van der Waals surface area contributed by atoms with E-state index in [1.165, 1.54) is 17.4 Å². The lowest BCUT2D eigenvalue weighted by Crippen LogP contribution is -2.34. The summed E-state index contributed by atoms with van der Waals surface area (Å²) >= 11 is 1.21. The predicted octanol–water partition coefficient (Wildman–Crippen LogP) is 4.41. The molecular formula is C23H14O5S. The molecular weight excluding hydrogens is 388 g/mol. The highest BCUT2D eigenvalue weighted by Gasteiger charge is 2.33. The minimum Gasteiger partial charge on any atom is -0.450 e. The first kappa shape index (κ1) is 16.6. The molecule has 0 radical (unpaired) electrons. The van der Waals surface area contributed by atoms with Crippen molar-refractivity contribution in [3.63, 3.8) is 0 Å². The van der Waals surface area contributed by atoms with E-state index in [0.717, 1.165) is 32.2 Å². The molecule has 0 saturated heterocycles. The van der Waals surface area contributed by atoms with E-state index in [9.17, 15) is 9.59 Å². The Morgan fingerprint density at radius 3 is 2.79 bits per heavy atom. The molecule has 142 valence electrons. The highest BCUT2D eigenvalue weighted by molar-refractivity contribution is 7.16. The van der Waals surface area contributed by atoms with Crippen molar-refractivity contribution >= 4 is 38.5 Å². The quantitative estimate of drug-likeness (QED) is 0.408. The average Bonchev–Trinajstić information content (AvgIpc) is 2.71. The minimum absolute atomic E-state index is 0.0456. The van der Waals surface area contributed by atoms with E-state index in [0.29, 0.717) is 29.1 Å². The van der Waals surface area contributed by atoms with E-state index in [1.807, 2.05) is 49.4 Å². The van der Waals surface area contributed by atoms with Gasteiger partial charge < -0.3 is 13.9 Å². The lowest BCUT2D eigenvalue weighted by Gasteiger charge is -2.32. The maximum Gasteiger partial charge on any atom is 0.336 e. The van der Waals surface area contributed by atoms with Crippen LogP contribution >= 0.6 is 11.3 Å². The van der Waals surface area contributed by atoms with Gasteiger partial charge in [-0.25, -0.2) is 4.79 Å². The molecule has 6 rings (SSSR count). The highest BCUT2D eigenvalue weighted by atomic mass is 32.1. The normalized spacial score (nSPS) is 17.0. The van der Waals surface area contributed by atoms with Crippen LogP contribution < -0.4 is 19.8 Å². The molecule has 29 heavy (non-hydrogen) atoms. The second-order valence-corrected chi connectivity index (χ2v) is 8.27. The first-order valence-electron chi connectivity index (χ1n) is 9.24. The zero-order chi connectivity index (χ0) is 19.7. The molecule has 0 fully saturated rings. The predicted molar refractivity (Wildman–Crippen MR) is 112 cm³/mol. The van der Waals surface area contributed by atoms with E-state index in [1.54, 1.807) is 0 Å². The number of ether oxygens (including phenoxy) is 2. The largest absolute Gasteiger partial charge is 0.450 e. The summed E-state index contributed by atoms with van der Waals surface area (Å²) in [4.78, 5) is 24.6. The van der Waals surface area contributed by atoms with E-state index >= 15 is 0 Å². The Labute approximate surface area is 168 Å². The number of benzene rings is 2. The van der Waals surface area contributed by atoms with Crippen molar-refractivity contribution in [2.45, 2.75) is 19.6 Å². The van der Waals surface area contributed by atoms with Gasteiger partial charge in [0.15, 0.2) is 0 Å². The highest BCUT2D eigenvalue weighted by Crippen LogP contribution is 2.42. The monoisotopic (exact) mass is 402 g/mol. The first-order valence-corrected chi connectivity index (χ1v) is 10.1. The minimum atomic E-state index is -0.612. The van der Waals surface area contributed by atoms with E-state index in [2.05, 4.69) is 0 Å².